The molecule has 0 aromatic carbocycles. The van der Waals surface area contributed by atoms with Gasteiger partial charge in [-0.1, -0.05) is 11.3 Å². The number of rotatable bonds is 5. The molecule has 0 atom stereocenters. The highest BCUT2D eigenvalue weighted by Crippen LogP contribution is 2.25. The number of nitrogens with one attached hydrogen (secondary N) is 1. The molecule has 2 rings (SSSR count). The summed E-state index contributed by atoms with van der Waals surface area (Å²) in [5.74, 6) is -0.134. The molecule has 0 aliphatic rings. The zero-order valence-corrected chi connectivity index (χ0v) is 13.8. The van der Waals surface area contributed by atoms with E-state index in [0.717, 1.165) is 11.3 Å². The van der Waals surface area contributed by atoms with Gasteiger partial charge in [0.25, 0.3) is 10.0 Å². The summed E-state index contributed by atoms with van der Waals surface area (Å²) in [5.41, 5.74) is 1.14. The molecule has 114 valence electrons. The molecule has 2 heterocycles. The molecule has 0 radical (unpaired) electrons. The Morgan fingerprint density at radius 1 is 1.43 bits per heavy atom. The lowest BCUT2D eigenvalue weighted by atomic mass is 10.3. The molecule has 0 aliphatic carbocycles. The second-order valence-electron chi connectivity index (χ2n) is 4.53. The van der Waals surface area contributed by atoms with Gasteiger partial charge in [-0.05, 0) is 26.8 Å². The maximum Gasteiger partial charge on any atom is 0.280 e. The van der Waals surface area contributed by atoms with Crippen LogP contribution in [0.2, 0.25) is 0 Å². The van der Waals surface area contributed by atoms with Crippen molar-refractivity contribution in [1.82, 2.24) is 14.8 Å². The molecular weight excluding hydrogens is 312 g/mol. The lowest BCUT2D eigenvalue weighted by Gasteiger charge is -2.06. The van der Waals surface area contributed by atoms with E-state index in [-0.39, 0.29) is 15.9 Å². The van der Waals surface area contributed by atoms with Crippen LogP contribution in [-0.2, 0) is 16.6 Å². The first-order chi connectivity index (χ1) is 9.74. The summed E-state index contributed by atoms with van der Waals surface area (Å²) in [6.07, 6.45) is 0. The third kappa shape index (κ3) is 3.13. The maximum atomic E-state index is 12.4. The van der Waals surface area contributed by atoms with Gasteiger partial charge in [0.15, 0.2) is 15.9 Å². The minimum absolute atomic E-state index is 0.0831. The number of sulfonamides is 1. The van der Waals surface area contributed by atoms with Gasteiger partial charge in [-0.25, -0.2) is 4.98 Å². The number of hydrogen-bond acceptors (Lipinski definition) is 6. The summed E-state index contributed by atoms with van der Waals surface area (Å²) in [7, 11) is -3.78. The van der Waals surface area contributed by atoms with E-state index in [1.807, 2.05) is 6.92 Å². The summed E-state index contributed by atoms with van der Waals surface area (Å²) in [6.45, 7) is 7.08. The minimum atomic E-state index is -3.78. The van der Waals surface area contributed by atoms with Crippen molar-refractivity contribution in [1.29, 1.82) is 0 Å². The lowest BCUT2D eigenvalue weighted by Crippen LogP contribution is -2.17. The van der Waals surface area contributed by atoms with E-state index in [1.54, 1.807) is 13.8 Å². The van der Waals surface area contributed by atoms with Gasteiger partial charge in [-0.2, -0.15) is 13.5 Å². The van der Waals surface area contributed by atoms with Gasteiger partial charge in [0.05, 0.1) is 16.3 Å². The van der Waals surface area contributed by atoms with Crippen molar-refractivity contribution >= 4 is 32.3 Å². The van der Waals surface area contributed by atoms with Gasteiger partial charge >= 0.3 is 0 Å². The average molecular weight is 328 g/mol. The summed E-state index contributed by atoms with van der Waals surface area (Å²) in [6, 6.07) is 1.50. The van der Waals surface area contributed by atoms with Crippen LogP contribution in [0.3, 0.4) is 0 Å². The van der Waals surface area contributed by atoms with Crippen molar-refractivity contribution in [2.75, 3.05) is 4.72 Å². The van der Waals surface area contributed by atoms with Crippen LogP contribution in [0.1, 0.15) is 34.9 Å². The Morgan fingerprint density at radius 3 is 2.62 bits per heavy atom. The third-order valence-electron chi connectivity index (χ3n) is 2.78. The first-order valence-electron chi connectivity index (χ1n) is 6.30. The second-order valence-corrected chi connectivity index (χ2v) is 7.16. The number of carbonyl (C=O) groups is 1. The van der Waals surface area contributed by atoms with E-state index in [1.165, 1.54) is 17.7 Å². The zero-order chi connectivity index (χ0) is 15.8. The zero-order valence-electron chi connectivity index (χ0n) is 12.2. The van der Waals surface area contributed by atoms with Crippen molar-refractivity contribution in [3.63, 3.8) is 0 Å². The van der Waals surface area contributed by atoms with Crippen molar-refractivity contribution in [2.45, 2.75) is 39.3 Å². The van der Waals surface area contributed by atoms with E-state index in [9.17, 15) is 13.2 Å². The predicted molar refractivity (Wildman–Crippen MR) is 80.3 cm³/mol. The van der Waals surface area contributed by atoms with Gasteiger partial charge < -0.3 is 0 Å². The van der Waals surface area contributed by atoms with E-state index in [4.69, 9.17) is 0 Å². The normalized spacial score (nSPS) is 11.6. The fraction of sp³-hybridized carbons (Fsp3) is 0.417. The highest BCUT2D eigenvalue weighted by molar-refractivity contribution is 7.92. The Morgan fingerprint density at radius 2 is 2.10 bits per heavy atom. The summed E-state index contributed by atoms with van der Waals surface area (Å²) in [4.78, 5) is 15.9. The number of anilines is 1. The Balaban J connectivity index is 2.37. The summed E-state index contributed by atoms with van der Waals surface area (Å²) < 4.78 is 28.6. The summed E-state index contributed by atoms with van der Waals surface area (Å²) in [5, 5.41) is 4.38. The number of aromatic nitrogens is 3. The van der Waals surface area contributed by atoms with Crippen molar-refractivity contribution in [3.05, 3.63) is 22.3 Å². The van der Waals surface area contributed by atoms with Crippen LogP contribution in [0.25, 0.3) is 0 Å². The lowest BCUT2D eigenvalue weighted by molar-refractivity contribution is 0.102. The Kier molecular flexibility index (Phi) is 4.15. The number of nitrogens with zero attached hydrogens (tertiary/aromatic N) is 3. The van der Waals surface area contributed by atoms with Crippen LogP contribution in [0, 0.1) is 13.8 Å². The third-order valence-corrected chi connectivity index (χ3v) is 5.42. The topological polar surface area (TPSA) is 93.9 Å². The molecule has 21 heavy (non-hydrogen) atoms. The summed E-state index contributed by atoms with van der Waals surface area (Å²) >= 11 is 1.03. The molecular formula is C12H16N4O3S2. The molecule has 0 bridgehead atoms. The van der Waals surface area contributed by atoms with Crippen molar-refractivity contribution < 1.29 is 13.2 Å². The first-order valence-corrected chi connectivity index (χ1v) is 8.60. The number of Topliss-reactive ketones (excluding diaryl/α,β-unsaturated/α-hetero) is 1. The minimum Gasteiger partial charge on any atom is -0.294 e. The largest absolute Gasteiger partial charge is 0.294 e. The Bertz CT molecular complexity index is 790. The molecule has 0 unspecified atom stereocenters. The first kappa shape index (κ1) is 15.6. The number of thiazole rings is 1. The fourth-order valence-electron chi connectivity index (χ4n) is 1.90. The van der Waals surface area contributed by atoms with Gasteiger partial charge in [-0.15, -0.1) is 0 Å². The van der Waals surface area contributed by atoms with Crippen LogP contribution < -0.4 is 4.72 Å². The van der Waals surface area contributed by atoms with Crippen molar-refractivity contribution in [3.8, 4) is 0 Å². The number of ketones is 1. The number of carbonyl (C=O) groups excluding carboxylic acids is 1. The monoisotopic (exact) mass is 328 g/mol. The Labute approximate surface area is 127 Å². The molecule has 0 amide bonds. The van der Waals surface area contributed by atoms with Gasteiger partial charge in [0, 0.05) is 13.5 Å². The van der Waals surface area contributed by atoms with Gasteiger partial charge in [-0.3, -0.25) is 14.2 Å². The fourth-order valence-corrected chi connectivity index (χ4v) is 4.26. The molecule has 2 aromatic rings. The maximum absolute atomic E-state index is 12.4. The molecule has 7 nitrogen and oxygen atoms in total. The quantitative estimate of drug-likeness (QED) is 0.847. The SMILES string of the molecule is CCn1nc(C)cc1S(=O)(=O)Nc1nc(C)c(C(C)=O)s1. The molecule has 9 heteroatoms. The molecule has 0 fully saturated rings. The van der Waals surface area contributed by atoms with E-state index in [0.29, 0.717) is 22.8 Å². The highest BCUT2D eigenvalue weighted by atomic mass is 32.2. The number of aryl methyl sites for hydroxylation is 3. The molecule has 0 spiro atoms. The molecule has 0 saturated carbocycles. The predicted octanol–water partition coefficient (Wildman–Crippen LogP) is 1.98. The smallest absolute Gasteiger partial charge is 0.280 e. The average Bonchev–Trinajstić information content (AvgIpc) is 2.92. The molecule has 0 saturated heterocycles. The van der Waals surface area contributed by atoms with E-state index < -0.39 is 10.0 Å². The van der Waals surface area contributed by atoms with E-state index in [2.05, 4.69) is 14.8 Å². The van der Waals surface area contributed by atoms with Gasteiger partial charge in [0.2, 0.25) is 0 Å². The second kappa shape index (κ2) is 5.57. The standard InChI is InChI=1S/C12H16N4O3S2/c1-5-16-10(6-7(2)14-16)21(18,19)15-12-13-8(3)11(20-12)9(4)17/h6H,5H2,1-4H3,(H,13,15). The van der Waals surface area contributed by atoms with Crippen molar-refractivity contribution in [2.24, 2.45) is 0 Å². The number of hydrogen-bond donors (Lipinski definition) is 1. The molecule has 2 aromatic heterocycles. The van der Waals surface area contributed by atoms with Crippen LogP contribution in [0.4, 0.5) is 5.13 Å². The van der Waals surface area contributed by atoms with E-state index >= 15 is 0 Å². The van der Waals surface area contributed by atoms with Crippen LogP contribution in [0.5, 0.6) is 0 Å². The van der Waals surface area contributed by atoms with Crippen LogP contribution >= 0.6 is 11.3 Å². The molecule has 0 aliphatic heterocycles. The highest BCUT2D eigenvalue weighted by Gasteiger charge is 2.23. The molecule has 1 N–H and O–H groups in total. The van der Waals surface area contributed by atoms with Crippen LogP contribution in [0.15, 0.2) is 11.1 Å². The Hall–Kier alpha value is -1.74. The van der Waals surface area contributed by atoms with Crippen LogP contribution in [-0.4, -0.2) is 29.0 Å². The van der Waals surface area contributed by atoms with Gasteiger partial charge in [0.1, 0.15) is 0 Å².